The molecule has 0 aliphatic carbocycles. The number of nitrogens with one attached hydrogen (secondary N) is 3. The van der Waals surface area contributed by atoms with Gasteiger partial charge in [0.25, 0.3) is 0 Å². The molecule has 0 radical (unpaired) electrons. The molecule has 1 saturated heterocycles. The predicted molar refractivity (Wildman–Crippen MR) is 99.6 cm³/mol. The van der Waals surface area contributed by atoms with Gasteiger partial charge >= 0.3 is 0 Å². The maximum atomic E-state index is 12.8. The van der Waals surface area contributed by atoms with Crippen molar-refractivity contribution >= 4 is 41.7 Å². The molecule has 0 aromatic heterocycles. The van der Waals surface area contributed by atoms with Crippen molar-refractivity contribution in [1.29, 1.82) is 0 Å². The molecular weight excluding hydrogens is 369 g/mol. The Morgan fingerprint density at radius 1 is 1.36 bits per heavy atom. The molecule has 1 aromatic rings. The van der Waals surface area contributed by atoms with Crippen molar-refractivity contribution in [3.8, 4) is 0 Å². The number of rotatable bonds is 7. The molecule has 1 heterocycles. The van der Waals surface area contributed by atoms with Gasteiger partial charge in [0.15, 0.2) is 0 Å². The molecule has 9 heteroatoms. The van der Waals surface area contributed by atoms with Gasteiger partial charge in [0.05, 0.1) is 17.1 Å². The fourth-order valence-electron chi connectivity index (χ4n) is 2.31. The zero-order valence-corrected chi connectivity index (χ0v) is 15.5. The number of carbonyl (C=O) groups is 2. The Labute approximate surface area is 156 Å². The lowest BCUT2D eigenvalue weighted by molar-refractivity contribution is -0.120. The topological polar surface area (TPSA) is 90.5 Å². The van der Waals surface area contributed by atoms with E-state index in [4.69, 9.17) is 0 Å². The first-order valence-corrected chi connectivity index (χ1v) is 8.84. The Hall–Kier alpha value is -1.35. The van der Waals surface area contributed by atoms with Gasteiger partial charge in [-0.05, 0) is 31.2 Å². The van der Waals surface area contributed by atoms with E-state index < -0.39 is 6.10 Å². The van der Waals surface area contributed by atoms with Crippen molar-refractivity contribution in [1.82, 2.24) is 10.6 Å². The second-order valence-electron chi connectivity index (χ2n) is 5.74. The van der Waals surface area contributed by atoms with Crippen LogP contribution in [0.4, 0.5) is 10.1 Å². The number of hydrogen-bond donors (Lipinski definition) is 4. The first kappa shape index (κ1) is 21.7. The second-order valence-corrected chi connectivity index (χ2v) is 7.07. The molecule has 3 atom stereocenters. The standard InChI is InChI=1S/C16H22FN3O3S.ClH/c1-10(16(23)19-7-11-6-18-8-14(11)21)24-9-15(22)20-13-4-2-12(17)3-5-13;/h2-5,10-11,14,18,21H,6-9H2,1H3,(H,19,23)(H,20,22);1H. The second kappa shape index (κ2) is 10.6. The summed E-state index contributed by atoms with van der Waals surface area (Å²) < 4.78 is 12.8. The monoisotopic (exact) mass is 391 g/mol. The van der Waals surface area contributed by atoms with Crippen molar-refractivity contribution in [3.63, 3.8) is 0 Å². The first-order valence-electron chi connectivity index (χ1n) is 7.79. The van der Waals surface area contributed by atoms with Crippen molar-refractivity contribution in [2.24, 2.45) is 5.92 Å². The summed E-state index contributed by atoms with van der Waals surface area (Å²) in [6.45, 7) is 3.38. The molecule has 1 aromatic carbocycles. The maximum Gasteiger partial charge on any atom is 0.234 e. The normalized spacial score (nSPS) is 20.4. The number of aliphatic hydroxyl groups excluding tert-OH is 1. The average molecular weight is 392 g/mol. The van der Waals surface area contributed by atoms with Gasteiger partial charge in [-0.25, -0.2) is 4.39 Å². The SMILES string of the molecule is CC(SCC(=O)Nc1ccc(F)cc1)C(=O)NCC1CNCC1O.Cl. The van der Waals surface area contributed by atoms with E-state index in [9.17, 15) is 19.1 Å². The third-order valence-corrected chi connectivity index (χ3v) is 4.95. The molecule has 0 bridgehead atoms. The third-order valence-electron chi connectivity index (χ3n) is 3.80. The molecular formula is C16H23ClFN3O3S. The largest absolute Gasteiger partial charge is 0.391 e. The number of hydrogen-bond acceptors (Lipinski definition) is 5. The van der Waals surface area contributed by atoms with E-state index >= 15 is 0 Å². The Balaban J connectivity index is 0.00000312. The minimum Gasteiger partial charge on any atom is -0.391 e. The zero-order valence-electron chi connectivity index (χ0n) is 13.8. The highest BCUT2D eigenvalue weighted by molar-refractivity contribution is 8.01. The van der Waals surface area contributed by atoms with E-state index in [0.29, 0.717) is 25.3 Å². The molecule has 6 nitrogen and oxygen atoms in total. The number of β-amino-alcohol motifs (C(OH)–C–C–N with tert-alkyl or cyclic N) is 1. The number of halogens is 2. The molecule has 2 amide bonds. The van der Waals surface area contributed by atoms with Crippen LogP contribution in [-0.2, 0) is 9.59 Å². The van der Waals surface area contributed by atoms with Gasteiger partial charge in [-0.15, -0.1) is 24.2 Å². The van der Waals surface area contributed by atoms with E-state index in [2.05, 4.69) is 16.0 Å². The quantitative estimate of drug-likeness (QED) is 0.557. The smallest absolute Gasteiger partial charge is 0.234 e. The van der Waals surface area contributed by atoms with Gasteiger partial charge in [-0.3, -0.25) is 9.59 Å². The van der Waals surface area contributed by atoms with Crippen LogP contribution in [0.15, 0.2) is 24.3 Å². The fraction of sp³-hybridized carbons (Fsp3) is 0.500. The van der Waals surface area contributed by atoms with Crippen LogP contribution in [0.1, 0.15) is 6.92 Å². The van der Waals surface area contributed by atoms with E-state index in [1.165, 1.54) is 36.0 Å². The maximum absolute atomic E-state index is 12.8. The molecule has 4 N–H and O–H groups in total. The Bertz CT molecular complexity index is 576. The highest BCUT2D eigenvalue weighted by atomic mass is 35.5. The van der Waals surface area contributed by atoms with E-state index in [-0.39, 0.29) is 47.0 Å². The number of benzene rings is 1. The first-order chi connectivity index (χ1) is 11.5. The van der Waals surface area contributed by atoms with Crippen LogP contribution in [0, 0.1) is 11.7 Å². The summed E-state index contributed by atoms with van der Waals surface area (Å²) in [6.07, 6.45) is -0.435. The van der Waals surface area contributed by atoms with E-state index in [1.54, 1.807) is 6.92 Å². The lowest BCUT2D eigenvalue weighted by Gasteiger charge is -2.16. The third kappa shape index (κ3) is 7.19. The summed E-state index contributed by atoms with van der Waals surface area (Å²) >= 11 is 1.22. The summed E-state index contributed by atoms with van der Waals surface area (Å²) in [6, 6.07) is 5.50. The lowest BCUT2D eigenvalue weighted by atomic mass is 10.1. The zero-order chi connectivity index (χ0) is 17.5. The van der Waals surface area contributed by atoms with Crippen LogP contribution in [0.5, 0.6) is 0 Å². The number of amides is 2. The molecule has 3 unspecified atom stereocenters. The van der Waals surface area contributed by atoms with Gasteiger partial charge in [-0.2, -0.15) is 0 Å². The van der Waals surface area contributed by atoms with Gasteiger partial charge in [0.2, 0.25) is 11.8 Å². The molecule has 0 saturated carbocycles. The van der Waals surface area contributed by atoms with Crippen molar-refractivity contribution in [2.75, 3.05) is 30.7 Å². The molecule has 1 fully saturated rings. The minimum atomic E-state index is -0.435. The fourth-order valence-corrected chi connectivity index (χ4v) is 3.02. The summed E-state index contributed by atoms with van der Waals surface area (Å²) in [5, 5.41) is 17.8. The van der Waals surface area contributed by atoms with Crippen LogP contribution in [0.2, 0.25) is 0 Å². The van der Waals surface area contributed by atoms with Crippen LogP contribution in [0.25, 0.3) is 0 Å². The Kier molecular flexibility index (Phi) is 9.20. The molecule has 140 valence electrons. The summed E-state index contributed by atoms with van der Waals surface area (Å²) in [5.41, 5.74) is 0.516. The highest BCUT2D eigenvalue weighted by Crippen LogP contribution is 2.14. The van der Waals surface area contributed by atoms with E-state index in [1.807, 2.05) is 0 Å². The van der Waals surface area contributed by atoms with Crippen molar-refractivity contribution in [2.45, 2.75) is 18.3 Å². The Morgan fingerprint density at radius 3 is 2.64 bits per heavy atom. The minimum absolute atomic E-state index is 0. The summed E-state index contributed by atoms with van der Waals surface area (Å²) in [5.74, 6) is -0.627. The molecule has 1 aliphatic heterocycles. The average Bonchev–Trinajstić information content (AvgIpc) is 2.97. The number of anilines is 1. The molecule has 0 spiro atoms. The van der Waals surface area contributed by atoms with Crippen LogP contribution >= 0.6 is 24.2 Å². The molecule has 25 heavy (non-hydrogen) atoms. The number of aliphatic hydroxyl groups is 1. The van der Waals surface area contributed by atoms with Crippen LogP contribution < -0.4 is 16.0 Å². The number of thioether (sulfide) groups is 1. The summed E-state index contributed by atoms with van der Waals surface area (Å²) in [7, 11) is 0. The van der Waals surface area contributed by atoms with Crippen LogP contribution in [0.3, 0.4) is 0 Å². The molecule has 1 aliphatic rings. The van der Waals surface area contributed by atoms with E-state index in [0.717, 1.165) is 0 Å². The Morgan fingerprint density at radius 2 is 2.04 bits per heavy atom. The van der Waals surface area contributed by atoms with Gasteiger partial charge in [0.1, 0.15) is 5.82 Å². The lowest BCUT2D eigenvalue weighted by Crippen LogP contribution is -2.38. The predicted octanol–water partition coefficient (Wildman–Crippen LogP) is 1.00. The van der Waals surface area contributed by atoms with Gasteiger partial charge < -0.3 is 21.1 Å². The van der Waals surface area contributed by atoms with Gasteiger partial charge in [-0.1, -0.05) is 0 Å². The summed E-state index contributed by atoms with van der Waals surface area (Å²) in [4.78, 5) is 23.8. The van der Waals surface area contributed by atoms with Crippen molar-refractivity contribution in [3.05, 3.63) is 30.1 Å². The highest BCUT2D eigenvalue weighted by Gasteiger charge is 2.26. The van der Waals surface area contributed by atoms with Crippen molar-refractivity contribution < 1.29 is 19.1 Å². The number of carbonyl (C=O) groups excluding carboxylic acids is 2. The van der Waals surface area contributed by atoms with Crippen LogP contribution in [-0.4, -0.2) is 53.7 Å². The molecule has 2 rings (SSSR count). The van der Waals surface area contributed by atoms with Gasteiger partial charge in [0, 0.05) is 31.2 Å².